The first-order valence-electron chi connectivity index (χ1n) is 5.98. The number of esters is 1. The summed E-state index contributed by atoms with van der Waals surface area (Å²) >= 11 is 0. The lowest BCUT2D eigenvalue weighted by molar-refractivity contribution is -0.146. The van der Waals surface area contributed by atoms with Gasteiger partial charge in [-0.3, -0.25) is 4.79 Å². The summed E-state index contributed by atoms with van der Waals surface area (Å²) in [6, 6.07) is 0.614. The van der Waals surface area contributed by atoms with Crippen molar-refractivity contribution in [1.29, 1.82) is 0 Å². The molecule has 3 heteroatoms. The fourth-order valence-electron chi connectivity index (χ4n) is 2.70. The molecule has 0 radical (unpaired) electrons. The van der Waals surface area contributed by atoms with Gasteiger partial charge in [0.05, 0.1) is 13.0 Å². The van der Waals surface area contributed by atoms with Crippen LogP contribution in [-0.4, -0.2) is 26.2 Å². The summed E-state index contributed by atoms with van der Waals surface area (Å²) in [6.45, 7) is 2.22. The Bertz CT molecular complexity index is 194. The number of carbonyl (C=O) groups is 1. The van der Waals surface area contributed by atoms with Gasteiger partial charge >= 0.3 is 5.97 Å². The molecular formula is C12H23NO2. The Morgan fingerprint density at radius 2 is 2.00 bits per heavy atom. The molecule has 0 aromatic carbocycles. The van der Waals surface area contributed by atoms with Crippen molar-refractivity contribution in [3.63, 3.8) is 0 Å². The van der Waals surface area contributed by atoms with E-state index in [4.69, 9.17) is 4.74 Å². The maximum atomic E-state index is 11.3. The molecule has 0 bridgehead atoms. The first-order chi connectivity index (χ1) is 7.22. The van der Waals surface area contributed by atoms with E-state index < -0.39 is 0 Å². The zero-order valence-electron chi connectivity index (χ0n) is 10.1. The Hall–Kier alpha value is -0.570. The van der Waals surface area contributed by atoms with Crippen LogP contribution in [0.15, 0.2) is 0 Å². The first kappa shape index (κ1) is 12.5. The van der Waals surface area contributed by atoms with Gasteiger partial charge in [-0.15, -0.1) is 0 Å². The maximum Gasteiger partial charge on any atom is 0.308 e. The van der Waals surface area contributed by atoms with Crippen LogP contribution in [0, 0.1) is 11.8 Å². The number of methoxy groups -OCH3 is 1. The molecule has 0 amide bonds. The van der Waals surface area contributed by atoms with Gasteiger partial charge in [0.1, 0.15) is 0 Å². The molecule has 0 aromatic heterocycles. The highest BCUT2D eigenvalue weighted by atomic mass is 16.5. The van der Waals surface area contributed by atoms with E-state index in [1.807, 2.05) is 7.05 Å². The van der Waals surface area contributed by atoms with Crippen molar-refractivity contribution in [3.05, 3.63) is 0 Å². The lowest BCUT2D eigenvalue weighted by Gasteiger charge is -2.32. The fraction of sp³-hybridized carbons (Fsp3) is 0.917. The Kier molecular flexibility index (Phi) is 5.09. The predicted octanol–water partition coefficient (Wildman–Crippen LogP) is 1.96. The molecular weight excluding hydrogens is 190 g/mol. The molecule has 1 saturated carbocycles. The standard InChI is InChI=1S/C12H23NO2/c1-4-11(13-2)9-5-7-10(8-6-9)12(14)15-3/h9-11,13H,4-8H2,1-3H3/t9?,10?,11-/m1/s1. The van der Waals surface area contributed by atoms with Crippen LogP contribution in [0.3, 0.4) is 0 Å². The number of rotatable bonds is 4. The van der Waals surface area contributed by atoms with Crippen LogP contribution in [0.2, 0.25) is 0 Å². The summed E-state index contributed by atoms with van der Waals surface area (Å²) in [7, 11) is 3.51. The highest BCUT2D eigenvalue weighted by Crippen LogP contribution is 2.32. The summed E-state index contributed by atoms with van der Waals surface area (Å²) in [4.78, 5) is 11.3. The minimum Gasteiger partial charge on any atom is -0.469 e. The Labute approximate surface area is 92.6 Å². The van der Waals surface area contributed by atoms with Crippen LogP contribution in [0.5, 0.6) is 0 Å². The van der Waals surface area contributed by atoms with E-state index in [-0.39, 0.29) is 11.9 Å². The van der Waals surface area contributed by atoms with Crippen molar-refractivity contribution in [2.24, 2.45) is 11.8 Å². The van der Waals surface area contributed by atoms with Gasteiger partial charge in [-0.1, -0.05) is 6.92 Å². The van der Waals surface area contributed by atoms with Gasteiger partial charge in [0.2, 0.25) is 0 Å². The quantitative estimate of drug-likeness (QED) is 0.726. The van der Waals surface area contributed by atoms with Crippen LogP contribution >= 0.6 is 0 Å². The molecule has 0 unspecified atom stereocenters. The number of carbonyl (C=O) groups excluding carboxylic acids is 1. The van der Waals surface area contributed by atoms with Crippen LogP contribution in [0.4, 0.5) is 0 Å². The average Bonchev–Trinajstić information content (AvgIpc) is 2.30. The third kappa shape index (κ3) is 3.20. The van der Waals surface area contributed by atoms with Crippen molar-refractivity contribution in [1.82, 2.24) is 5.32 Å². The largest absolute Gasteiger partial charge is 0.469 e. The van der Waals surface area contributed by atoms with Crippen molar-refractivity contribution >= 4 is 5.97 Å². The first-order valence-corrected chi connectivity index (χ1v) is 5.98. The second-order valence-corrected chi connectivity index (χ2v) is 4.44. The monoisotopic (exact) mass is 213 g/mol. The van der Waals surface area contributed by atoms with Crippen molar-refractivity contribution in [2.75, 3.05) is 14.2 Å². The Balaban J connectivity index is 2.38. The van der Waals surface area contributed by atoms with Gasteiger partial charge < -0.3 is 10.1 Å². The second-order valence-electron chi connectivity index (χ2n) is 4.44. The van der Waals surface area contributed by atoms with Crippen molar-refractivity contribution in [3.8, 4) is 0 Å². The predicted molar refractivity (Wildman–Crippen MR) is 60.6 cm³/mol. The Morgan fingerprint density at radius 3 is 2.40 bits per heavy atom. The average molecular weight is 213 g/mol. The van der Waals surface area contributed by atoms with Gasteiger partial charge in [0, 0.05) is 6.04 Å². The SMILES string of the molecule is CC[C@@H](NC)C1CCC(C(=O)OC)CC1. The van der Waals surface area contributed by atoms with Crippen LogP contribution in [0.1, 0.15) is 39.0 Å². The van der Waals surface area contributed by atoms with E-state index in [9.17, 15) is 4.79 Å². The van der Waals surface area contributed by atoms with Crippen LogP contribution in [0.25, 0.3) is 0 Å². The molecule has 3 nitrogen and oxygen atoms in total. The molecule has 0 aliphatic heterocycles. The van der Waals surface area contributed by atoms with Crippen molar-refractivity contribution in [2.45, 2.75) is 45.1 Å². The van der Waals surface area contributed by atoms with E-state index in [0.29, 0.717) is 6.04 Å². The van der Waals surface area contributed by atoms with Crippen LogP contribution < -0.4 is 5.32 Å². The fourth-order valence-corrected chi connectivity index (χ4v) is 2.70. The number of hydrogen-bond acceptors (Lipinski definition) is 3. The Morgan fingerprint density at radius 1 is 1.40 bits per heavy atom. The van der Waals surface area contributed by atoms with Gasteiger partial charge in [-0.2, -0.15) is 0 Å². The van der Waals surface area contributed by atoms with E-state index in [0.717, 1.165) is 31.6 Å². The van der Waals surface area contributed by atoms with Crippen LogP contribution in [-0.2, 0) is 9.53 Å². The second kappa shape index (κ2) is 6.11. The molecule has 1 aliphatic carbocycles. The zero-order chi connectivity index (χ0) is 11.3. The zero-order valence-corrected chi connectivity index (χ0v) is 10.1. The third-order valence-electron chi connectivity index (χ3n) is 3.69. The molecule has 1 N–H and O–H groups in total. The highest BCUT2D eigenvalue weighted by molar-refractivity contribution is 5.72. The molecule has 1 fully saturated rings. The molecule has 15 heavy (non-hydrogen) atoms. The summed E-state index contributed by atoms with van der Waals surface area (Å²) in [5.41, 5.74) is 0. The van der Waals surface area contributed by atoms with Gasteiger partial charge in [-0.05, 0) is 45.1 Å². The topological polar surface area (TPSA) is 38.3 Å². The van der Waals surface area contributed by atoms with Gasteiger partial charge in [0.15, 0.2) is 0 Å². The summed E-state index contributed by atoms with van der Waals surface area (Å²) in [6.07, 6.45) is 5.47. The van der Waals surface area contributed by atoms with Crippen molar-refractivity contribution < 1.29 is 9.53 Å². The third-order valence-corrected chi connectivity index (χ3v) is 3.69. The van der Waals surface area contributed by atoms with E-state index in [1.165, 1.54) is 13.5 Å². The smallest absolute Gasteiger partial charge is 0.308 e. The summed E-state index contributed by atoms with van der Waals surface area (Å²) in [5, 5.41) is 3.36. The summed E-state index contributed by atoms with van der Waals surface area (Å²) in [5.74, 6) is 0.868. The lowest BCUT2D eigenvalue weighted by Crippen LogP contribution is -2.36. The molecule has 0 spiro atoms. The van der Waals surface area contributed by atoms with E-state index >= 15 is 0 Å². The molecule has 1 aliphatic rings. The van der Waals surface area contributed by atoms with E-state index in [1.54, 1.807) is 0 Å². The van der Waals surface area contributed by atoms with Gasteiger partial charge in [0.25, 0.3) is 0 Å². The number of hydrogen-bond donors (Lipinski definition) is 1. The lowest BCUT2D eigenvalue weighted by atomic mass is 9.78. The molecule has 0 saturated heterocycles. The van der Waals surface area contributed by atoms with Gasteiger partial charge in [-0.25, -0.2) is 0 Å². The minimum atomic E-state index is -0.0223. The maximum absolute atomic E-state index is 11.3. The molecule has 1 rings (SSSR count). The molecule has 1 atom stereocenters. The minimum absolute atomic E-state index is 0.0223. The molecule has 0 heterocycles. The highest BCUT2D eigenvalue weighted by Gasteiger charge is 2.29. The normalized spacial score (nSPS) is 28.5. The summed E-state index contributed by atoms with van der Waals surface area (Å²) < 4.78 is 4.78. The van der Waals surface area contributed by atoms with E-state index in [2.05, 4.69) is 12.2 Å². The molecule has 88 valence electrons. The molecule has 0 aromatic rings. The number of ether oxygens (including phenoxy) is 1. The number of nitrogens with one attached hydrogen (secondary N) is 1.